The van der Waals surface area contributed by atoms with Crippen LogP contribution in [0.15, 0.2) is 30.3 Å². The molecular weight excluding hydrogens is 400 g/mol. The zero-order chi connectivity index (χ0) is 23.7. The summed E-state index contributed by atoms with van der Waals surface area (Å²) < 4.78 is 16.6. The summed E-state index contributed by atoms with van der Waals surface area (Å²) in [5.41, 5.74) is -0.437. The number of rotatable bonds is 11. The minimum Gasteiger partial charge on any atom is -0.460 e. The Hall–Kier alpha value is -1.96. The Morgan fingerprint density at radius 2 is 1.55 bits per heavy atom. The molecular formula is C24H38O7. The lowest BCUT2D eigenvalue weighted by atomic mass is 9.88. The van der Waals surface area contributed by atoms with Crippen LogP contribution in [0.4, 0.5) is 0 Å². The standard InChI is InChI=1S/C24H38O7/c1-23(2,3)30-21(27)13-18(22(28)31-24(4,5)6)12-19(20(26)14-25)16-29-15-17-10-8-7-9-11-17/h7-11,18-20,25-26H,12-16H2,1-6H3. The first kappa shape index (κ1) is 27.1. The Morgan fingerprint density at radius 3 is 2.06 bits per heavy atom. The predicted molar refractivity (Wildman–Crippen MR) is 117 cm³/mol. The fourth-order valence-electron chi connectivity index (χ4n) is 2.99. The van der Waals surface area contributed by atoms with Crippen molar-refractivity contribution in [3.63, 3.8) is 0 Å². The van der Waals surface area contributed by atoms with Crippen molar-refractivity contribution in [3.05, 3.63) is 35.9 Å². The van der Waals surface area contributed by atoms with Gasteiger partial charge in [-0.3, -0.25) is 9.59 Å². The molecule has 0 saturated heterocycles. The fourth-order valence-corrected chi connectivity index (χ4v) is 2.99. The van der Waals surface area contributed by atoms with E-state index in [1.807, 2.05) is 30.3 Å². The van der Waals surface area contributed by atoms with E-state index in [0.717, 1.165) is 5.56 Å². The van der Waals surface area contributed by atoms with Crippen molar-refractivity contribution in [2.24, 2.45) is 11.8 Å². The normalized spacial score (nSPS) is 15.1. The van der Waals surface area contributed by atoms with Gasteiger partial charge in [-0.05, 0) is 53.5 Å². The van der Waals surface area contributed by atoms with Gasteiger partial charge in [0.25, 0.3) is 0 Å². The van der Waals surface area contributed by atoms with Crippen LogP contribution in [0.2, 0.25) is 0 Å². The number of benzene rings is 1. The van der Waals surface area contributed by atoms with Crippen molar-refractivity contribution in [1.82, 2.24) is 0 Å². The smallest absolute Gasteiger partial charge is 0.310 e. The van der Waals surface area contributed by atoms with E-state index >= 15 is 0 Å². The van der Waals surface area contributed by atoms with E-state index in [1.54, 1.807) is 41.5 Å². The Labute approximate surface area is 185 Å². The van der Waals surface area contributed by atoms with Gasteiger partial charge in [-0.1, -0.05) is 30.3 Å². The molecule has 176 valence electrons. The minimum atomic E-state index is -1.10. The van der Waals surface area contributed by atoms with Crippen LogP contribution in [-0.4, -0.2) is 52.7 Å². The van der Waals surface area contributed by atoms with Crippen molar-refractivity contribution in [3.8, 4) is 0 Å². The molecule has 3 unspecified atom stereocenters. The van der Waals surface area contributed by atoms with E-state index in [9.17, 15) is 19.8 Å². The summed E-state index contributed by atoms with van der Waals surface area (Å²) in [6, 6.07) is 9.55. The molecule has 0 saturated carbocycles. The molecule has 0 heterocycles. The van der Waals surface area contributed by atoms with Crippen LogP contribution in [0.5, 0.6) is 0 Å². The molecule has 1 aromatic rings. The van der Waals surface area contributed by atoms with Crippen LogP contribution in [0, 0.1) is 11.8 Å². The Bertz CT molecular complexity index is 673. The highest BCUT2D eigenvalue weighted by Gasteiger charge is 2.33. The van der Waals surface area contributed by atoms with Crippen LogP contribution in [0.25, 0.3) is 0 Å². The zero-order valence-corrected chi connectivity index (χ0v) is 19.6. The maximum atomic E-state index is 12.8. The van der Waals surface area contributed by atoms with Crippen molar-refractivity contribution in [2.75, 3.05) is 13.2 Å². The lowest BCUT2D eigenvalue weighted by Crippen LogP contribution is -2.36. The van der Waals surface area contributed by atoms with Crippen LogP contribution in [0.3, 0.4) is 0 Å². The Morgan fingerprint density at radius 1 is 0.968 bits per heavy atom. The second-order valence-corrected chi connectivity index (χ2v) is 9.77. The molecule has 0 bridgehead atoms. The highest BCUT2D eigenvalue weighted by atomic mass is 16.6. The SMILES string of the molecule is CC(C)(C)OC(=O)CC(CC(COCc1ccccc1)C(O)CO)C(=O)OC(C)(C)C. The van der Waals surface area contributed by atoms with Gasteiger partial charge in [0.05, 0.1) is 38.3 Å². The molecule has 2 N–H and O–H groups in total. The summed E-state index contributed by atoms with van der Waals surface area (Å²) in [7, 11) is 0. The van der Waals surface area contributed by atoms with Gasteiger partial charge in [0.15, 0.2) is 0 Å². The molecule has 0 aliphatic heterocycles. The second kappa shape index (κ2) is 12.2. The number of esters is 2. The van der Waals surface area contributed by atoms with Gasteiger partial charge in [-0.25, -0.2) is 0 Å². The largest absolute Gasteiger partial charge is 0.460 e. The number of aliphatic hydroxyl groups excluding tert-OH is 2. The predicted octanol–water partition coefficient (Wildman–Crippen LogP) is 3.25. The summed E-state index contributed by atoms with van der Waals surface area (Å²) in [6.45, 7) is 10.5. The van der Waals surface area contributed by atoms with Crippen molar-refractivity contribution >= 4 is 11.9 Å². The summed E-state index contributed by atoms with van der Waals surface area (Å²) in [5.74, 6) is -2.46. The van der Waals surface area contributed by atoms with Gasteiger partial charge in [-0.2, -0.15) is 0 Å². The third kappa shape index (κ3) is 11.9. The van der Waals surface area contributed by atoms with Gasteiger partial charge in [0.1, 0.15) is 11.2 Å². The molecule has 31 heavy (non-hydrogen) atoms. The number of carbonyl (C=O) groups excluding carboxylic acids is 2. The summed E-state index contributed by atoms with van der Waals surface area (Å²) >= 11 is 0. The van der Waals surface area contributed by atoms with Gasteiger partial charge in [0.2, 0.25) is 0 Å². The molecule has 0 spiro atoms. The quantitative estimate of drug-likeness (QED) is 0.511. The molecule has 0 aromatic heterocycles. The number of ether oxygens (including phenoxy) is 3. The van der Waals surface area contributed by atoms with Crippen molar-refractivity contribution in [2.45, 2.75) is 78.3 Å². The van der Waals surface area contributed by atoms with Crippen LogP contribution < -0.4 is 0 Å². The zero-order valence-electron chi connectivity index (χ0n) is 19.6. The molecule has 3 atom stereocenters. The summed E-state index contributed by atoms with van der Waals surface area (Å²) in [4.78, 5) is 25.2. The van der Waals surface area contributed by atoms with Crippen molar-refractivity contribution in [1.29, 1.82) is 0 Å². The third-order valence-corrected chi connectivity index (χ3v) is 4.34. The first-order chi connectivity index (χ1) is 14.3. The van der Waals surface area contributed by atoms with Gasteiger partial charge in [-0.15, -0.1) is 0 Å². The Kier molecular flexibility index (Phi) is 10.6. The van der Waals surface area contributed by atoms with E-state index in [0.29, 0.717) is 6.61 Å². The van der Waals surface area contributed by atoms with E-state index in [4.69, 9.17) is 14.2 Å². The molecule has 0 aliphatic carbocycles. The topological polar surface area (TPSA) is 102 Å². The molecule has 0 amide bonds. The Balaban J connectivity index is 2.89. The number of aliphatic hydroxyl groups is 2. The van der Waals surface area contributed by atoms with E-state index < -0.39 is 47.7 Å². The fraction of sp³-hybridized carbons (Fsp3) is 0.667. The van der Waals surface area contributed by atoms with Gasteiger partial charge < -0.3 is 24.4 Å². The maximum absolute atomic E-state index is 12.8. The summed E-state index contributed by atoms with van der Waals surface area (Å²) in [6.07, 6.45) is -1.16. The highest BCUT2D eigenvalue weighted by molar-refractivity contribution is 5.80. The number of hydrogen-bond acceptors (Lipinski definition) is 7. The maximum Gasteiger partial charge on any atom is 0.310 e. The van der Waals surface area contributed by atoms with Crippen LogP contribution in [0.1, 0.15) is 59.9 Å². The third-order valence-electron chi connectivity index (χ3n) is 4.34. The molecule has 0 radical (unpaired) electrons. The van der Waals surface area contributed by atoms with Gasteiger partial charge >= 0.3 is 11.9 Å². The monoisotopic (exact) mass is 438 g/mol. The van der Waals surface area contributed by atoms with Crippen molar-refractivity contribution < 1.29 is 34.0 Å². The lowest BCUT2D eigenvalue weighted by molar-refractivity contribution is -0.168. The second-order valence-electron chi connectivity index (χ2n) is 9.77. The molecule has 0 fully saturated rings. The first-order valence-electron chi connectivity index (χ1n) is 10.7. The summed E-state index contributed by atoms with van der Waals surface area (Å²) in [5, 5.41) is 19.8. The van der Waals surface area contributed by atoms with Gasteiger partial charge in [0, 0.05) is 5.92 Å². The molecule has 7 nitrogen and oxygen atoms in total. The van der Waals surface area contributed by atoms with Crippen LogP contribution >= 0.6 is 0 Å². The van der Waals surface area contributed by atoms with Crippen LogP contribution in [-0.2, 0) is 30.4 Å². The first-order valence-corrected chi connectivity index (χ1v) is 10.7. The lowest BCUT2D eigenvalue weighted by Gasteiger charge is -2.29. The number of hydrogen-bond donors (Lipinski definition) is 2. The van der Waals surface area contributed by atoms with E-state index in [2.05, 4.69) is 0 Å². The minimum absolute atomic E-state index is 0.115. The molecule has 1 rings (SSSR count). The van der Waals surface area contributed by atoms with E-state index in [-0.39, 0.29) is 19.4 Å². The molecule has 0 aliphatic rings. The van der Waals surface area contributed by atoms with E-state index in [1.165, 1.54) is 0 Å². The molecule has 7 heteroatoms. The average Bonchev–Trinajstić information content (AvgIpc) is 2.63. The average molecular weight is 439 g/mol. The highest BCUT2D eigenvalue weighted by Crippen LogP contribution is 2.25. The number of carbonyl (C=O) groups is 2. The molecule has 1 aromatic carbocycles.